The van der Waals surface area contributed by atoms with Crippen LogP contribution < -0.4 is 0 Å². The third-order valence-electron chi connectivity index (χ3n) is 4.40. The van der Waals surface area contributed by atoms with Crippen LogP contribution in [-0.4, -0.2) is 47.4 Å². The van der Waals surface area contributed by atoms with Crippen LogP contribution in [0.1, 0.15) is 47.0 Å². The number of rotatable bonds is 1. The molecule has 0 aromatic carbocycles. The van der Waals surface area contributed by atoms with E-state index in [1.54, 1.807) is 0 Å². The van der Waals surface area contributed by atoms with Gasteiger partial charge in [0, 0.05) is 19.1 Å². The summed E-state index contributed by atoms with van der Waals surface area (Å²) in [5, 5.41) is 10.5. The first-order valence-corrected chi connectivity index (χ1v) is 6.98. The molecule has 0 amide bonds. The summed E-state index contributed by atoms with van der Waals surface area (Å²) in [7, 11) is 0. The quantitative estimate of drug-likeness (QED) is 0.762. The van der Waals surface area contributed by atoms with E-state index >= 15 is 0 Å². The highest BCUT2D eigenvalue weighted by Gasteiger charge is 2.41. The Labute approximate surface area is 105 Å². The lowest BCUT2D eigenvalue weighted by molar-refractivity contribution is -0.122. The molecule has 4 unspecified atom stereocenters. The molecule has 0 spiro atoms. The van der Waals surface area contributed by atoms with Crippen molar-refractivity contribution in [3.8, 4) is 0 Å². The smallest absolute Gasteiger partial charge is 0.0746 e. The Morgan fingerprint density at radius 3 is 2.35 bits per heavy atom. The fraction of sp³-hybridized carbons (Fsp3) is 1.00. The normalized spacial score (nSPS) is 43.6. The molecular weight excluding hydrogens is 214 g/mol. The van der Waals surface area contributed by atoms with Crippen LogP contribution in [0.3, 0.4) is 0 Å². The predicted octanol–water partition coefficient (Wildman–Crippen LogP) is 2.04. The maximum atomic E-state index is 10.5. The van der Waals surface area contributed by atoms with Gasteiger partial charge in [-0.1, -0.05) is 20.3 Å². The molecule has 0 bridgehead atoms. The summed E-state index contributed by atoms with van der Waals surface area (Å²) in [6, 6.07) is 0.326. The zero-order valence-corrected chi connectivity index (χ0v) is 11.6. The van der Waals surface area contributed by atoms with Gasteiger partial charge in [0.2, 0.25) is 0 Å². The minimum absolute atomic E-state index is 0.0632. The minimum Gasteiger partial charge on any atom is -0.391 e. The van der Waals surface area contributed by atoms with Crippen molar-refractivity contribution in [3.05, 3.63) is 0 Å². The van der Waals surface area contributed by atoms with E-state index in [-0.39, 0.29) is 23.7 Å². The third-order valence-corrected chi connectivity index (χ3v) is 4.40. The molecule has 17 heavy (non-hydrogen) atoms. The fourth-order valence-corrected chi connectivity index (χ4v) is 3.46. The zero-order chi connectivity index (χ0) is 12.6. The van der Waals surface area contributed by atoms with Gasteiger partial charge in [0.15, 0.2) is 0 Å². The minimum atomic E-state index is -0.200. The largest absolute Gasteiger partial charge is 0.391 e. The van der Waals surface area contributed by atoms with Crippen molar-refractivity contribution in [2.24, 2.45) is 5.41 Å². The highest BCUT2D eigenvalue weighted by atomic mass is 16.5. The third kappa shape index (κ3) is 2.83. The van der Waals surface area contributed by atoms with Crippen LogP contribution >= 0.6 is 0 Å². The molecule has 2 fully saturated rings. The van der Waals surface area contributed by atoms with Gasteiger partial charge < -0.3 is 9.84 Å². The van der Waals surface area contributed by atoms with Crippen LogP contribution in [0, 0.1) is 5.41 Å². The first-order chi connectivity index (χ1) is 7.90. The molecule has 1 aliphatic heterocycles. The van der Waals surface area contributed by atoms with Crippen LogP contribution in [0.25, 0.3) is 0 Å². The number of ether oxygens (including phenoxy) is 1. The van der Waals surface area contributed by atoms with Crippen molar-refractivity contribution >= 4 is 0 Å². The topological polar surface area (TPSA) is 32.7 Å². The van der Waals surface area contributed by atoms with Crippen molar-refractivity contribution in [1.82, 2.24) is 4.90 Å². The Kier molecular flexibility index (Phi) is 3.81. The molecule has 3 nitrogen and oxygen atoms in total. The van der Waals surface area contributed by atoms with Gasteiger partial charge in [-0.2, -0.15) is 0 Å². The van der Waals surface area contributed by atoms with Crippen LogP contribution in [0.2, 0.25) is 0 Å². The Balaban J connectivity index is 2.05. The average molecular weight is 241 g/mol. The van der Waals surface area contributed by atoms with Crippen LogP contribution in [0.15, 0.2) is 0 Å². The molecule has 0 radical (unpaired) electrons. The molecule has 1 heterocycles. The lowest BCUT2D eigenvalue weighted by atomic mass is 9.72. The van der Waals surface area contributed by atoms with E-state index in [0.29, 0.717) is 6.04 Å². The predicted molar refractivity (Wildman–Crippen MR) is 69.0 cm³/mol. The molecule has 3 heteroatoms. The van der Waals surface area contributed by atoms with Gasteiger partial charge in [0.1, 0.15) is 0 Å². The van der Waals surface area contributed by atoms with Gasteiger partial charge >= 0.3 is 0 Å². The van der Waals surface area contributed by atoms with Gasteiger partial charge in [0.05, 0.1) is 18.3 Å². The second-order valence-corrected chi connectivity index (χ2v) is 6.60. The Hall–Kier alpha value is -0.120. The maximum absolute atomic E-state index is 10.5. The van der Waals surface area contributed by atoms with E-state index in [4.69, 9.17) is 4.74 Å². The number of aliphatic hydroxyl groups excluding tert-OH is 1. The van der Waals surface area contributed by atoms with Crippen molar-refractivity contribution in [1.29, 1.82) is 0 Å². The Morgan fingerprint density at radius 2 is 1.76 bits per heavy atom. The lowest BCUT2D eigenvalue weighted by Gasteiger charge is -2.48. The summed E-state index contributed by atoms with van der Waals surface area (Å²) in [4.78, 5) is 2.45. The van der Waals surface area contributed by atoms with E-state index in [1.807, 2.05) is 0 Å². The van der Waals surface area contributed by atoms with Crippen LogP contribution in [-0.2, 0) is 4.74 Å². The first kappa shape index (κ1) is 13.3. The molecule has 1 aliphatic carbocycles. The molecule has 100 valence electrons. The van der Waals surface area contributed by atoms with Crippen molar-refractivity contribution < 1.29 is 9.84 Å². The van der Waals surface area contributed by atoms with Gasteiger partial charge in [-0.3, -0.25) is 4.90 Å². The second kappa shape index (κ2) is 4.87. The first-order valence-electron chi connectivity index (χ1n) is 6.98. The molecule has 1 N–H and O–H groups in total. The Morgan fingerprint density at radius 1 is 1.18 bits per heavy atom. The molecule has 2 aliphatic rings. The van der Waals surface area contributed by atoms with Gasteiger partial charge in [-0.15, -0.1) is 0 Å². The highest BCUT2D eigenvalue weighted by Crippen LogP contribution is 2.38. The second-order valence-electron chi connectivity index (χ2n) is 6.60. The number of hydrogen-bond donors (Lipinski definition) is 1. The zero-order valence-electron chi connectivity index (χ0n) is 11.6. The van der Waals surface area contributed by atoms with E-state index in [1.165, 1.54) is 6.42 Å². The summed E-state index contributed by atoms with van der Waals surface area (Å²) in [6.07, 6.45) is 3.87. The summed E-state index contributed by atoms with van der Waals surface area (Å²) < 4.78 is 5.77. The molecule has 2 rings (SSSR count). The SMILES string of the molecule is CC1CN(C2CCCC(C)(C)C2O)CC(C)O1. The van der Waals surface area contributed by atoms with Crippen molar-refractivity contribution in [2.75, 3.05) is 13.1 Å². The van der Waals surface area contributed by atoms with Crippen LogP contribution in [0.5, 0.6) is 0 Å². The van der Waals surface area contributed by atoms with Gasteiger partial charge in [0.25, 0.3) is 0 Å². The monoisotopic (exact) mass is 241 g/mol. The molecular formula is C14H27NO2. The maximum Gasteiger partial charge on any atom is 0.0746 e. The molecule has 0 aromatic heterocycles. The van der Waals surface area contributed by atoms with Crippen molar-refractivity contribution in [2.45, 2.75) is 71.3 Å². The molecule has 4 atom stereocenters. The molecule has 1 saturated heterocycles. The van der Waals surface area contributed by atoms with E-state index < -0.39 is 0 Å². The van der Waals surface area contributed by atoms with Crippen LogP contribution in [0.4, 0.5) is 0 Å². The summed E-state index contributed by atoms with van der Waals surface area (Å²) in [5.74, 6) is 0. The van der Waals surface area contributed by atoms with E-state index in [2.05, 4.69) is 32.6 Å². The number of aliphatic hydroxyl groups is 1. The summed E-state index contributed by atoms with van der Waals surface area (Å²) >= 11 is 0. The summed E-state index contributed by atoms with van der Waals surface area (Å²) in [5.41, 5.74) is 0.0632. The average Bonchev–Trinajstić information content (AvgIpc) is 2.20. The number of morpholine rings is 1. The lowest BCUT2D eigenvalue weighted by Crippen LogP contribution is -2.58. The van der Waals surface area contributed by atoms with Gasteiger partial charge in [-0.25, -0.2) is 0 Å². The highest BCUT2D eigenvalue weighted by molar-refractivity contribution is 4.95. The molecule has 0 aromatic rings. The van der Waals surface area contributed by atoms with Gasteiger partial charge in [-0.05, 0) is 32.1 Å². The number of nitrogens with zero attached hydrogens (tertiary/aromatic N) is 1. The summed E-state index contributed by atoms with van der Waals surface area (Å²) in [6.45, 7) is 10.6. The standard InChI is InChI=1S/C14H27NO2/c1-10-8-15(9-11(2)17-10)12-6-5-7-14(3,4)13(12)16/h10-13,16H,5-9H2,1-4H3. The number of hydrogen-bond acceptors (Lipinski definition) is 3. The van der Waals surface area contributed by atoms with E-state index in [9.17, 15) is 5.11 Å². The molecule has 1 saturated carbocycles. The van der Waals surface area contributed by atoms with E-state index in [0.717, 1.165) is 25.9 Å². The Bertz CT molecular complexity index is 257. The van der Waals surface area contributed by atoms with Crippen molar-refractivity contribution in [3.63, 3.8) is 0 Å². The fourth-order valence-electron chi connectivity index (χ4n) is 3.46.